The first kappa shape index (κ1) is 25.9. The number of benzene rings is 2. The van der Waals surface area contributed by atoms with E-state index in [0.29, 0.717) is 36.4 Å². The molecule has 3 N–H and O–H groups in total. The van der Waals surface area contributed by atoms with E-state index in [9.17, 15) is 9.59 Å². The lowest BCUT2D eigenvalue weighted by Crippen LogP contribution is -2.29. The van der Waals surface area contributed by atoms with Crippen LogP contribution in [0.1, 0.15) is 37.0 Å². The molecule has 0 aliphatic rings. The molecule has 0 aliphatic heterocycles. The number of amides is 1. The van der Waals surface area contributed by atoms with E-state index in [1.807, 2.05) is 26.0 Å². The van der Waals surface area contributed by atoms with Crippen molar-refractivity contribution in [3.63, 3.8) is 0 Å². The second kappa shape index (κ2) is 13.9. The van der Waals surface area contributed by atoms with E-state index in [-0.39, 0.29) is 13.2 Å². The molecule has 0 saturated heterocycles. The molecule has 0 spiro atoms. The van der Waals surface area contributed by atoms with Gasteiger partial charge in [0, 0.05) is 23.9 Å². The SMILES string of the molecule is CCO[C@@H](CC/C=C/C(=O)O)[C@@H](OC(=O)Nc1ccc(C)cc1)c1ccccc1OCCO. The molecule has 0 saturated carbocycles. The number of nitrogens with one attached hydrogen (secondary N) is 1. The van der Waals surface area contributed by atoms with Gasteiger partial charge in [0.15, 0.2) is 6.10 Å². The molecule has 1 amide bonds. The Morgan fingerprint density at radius 3 is 2.52 bits per heavy atom. The van der Waals surface area contributed by atoms with Crippen LogP contribution >= 0.6 is 0 Å². The van der Waals surface area contributed by atoms with E-state index < -0.39 is 24.3 Å². The fourth-order valence-electron chi connectivity index (χ4n) is 3.22. The minimum Gasteiger partial charge on any atom is -0.491 e. The number of carbonyl (C=O) groups is 2. The van der Waals surface area contributed by atoms with Gasteiger partial charge in [-0.25, -0.2) is 9.59 Å². The van der Waals surface area contributed by atoms with Gasteiger partial charge in [-0.3, -0.25) is 5.32 Å². The van der Waals surface area contributed by atoms with Crippen LogP contribution in [0.3, 0.4) is 0 Å². The molecule has 8 heteroatoms. The molecule has 0 bridgehead atoms. The zero-order valence-electron chi connectivity index (χ0n) is 18.9. The summed E-state index contributed by atoms with van der Waals surface area (Å²) in [5, 5.41) is 20.7. The largest absolute Gasteiger partial charge is 0.491 e. The summed E-state index contributed by atoms with van der Waals surface area (Å²) < 4.78 is 17.4. The van der Waals surface area contributed by atoms with E-state index in [4.69, 9.17) is 24.4 Å². The minimum atomic E-state index is -1.03. The summed E-state index contributed by atoms with van der Waals surface area (Å²) in [7, 11) is 0. The molecule has 2 aromatic carbocycles. The number of aliphatic hydroxyl groups excluding tert-OH is 1. The Morgan fingerprint density at radius 2 is 1.85 bits per heavy atom. The number of anilines is 1. The van der Waals surface area contributed by atoms with E-state index >= 15 is 0 Å². The van der Waals surface area contributed by atoms with Gasteiger partial charge in [-0.05, 0) is 44.9 Å². The second-order valence-corrected chi connectivity index (χ2v) is 7.24. The molecule has 0 unspecified atom stereocenters. The highest BCUT2D eigenvalue weighted by molar-refractivity contribution is 5.84. The number of hydrogen-bond donors (Lipinski definition) is 3. The molecule has 178 valence electrons. The number of aliphatic hydroxyl groups is 1. The summed E-state index contributed by atoms with van der Waals surface area (Å²) in [5.41, 5.74) is 2.24. The molecule has 0 fully saturated rings. The Bertz CT molecular complexity index is 911. The zero-order chi connectivity index (χ0) is 24.1. The van der Waals surface area contributed by atoms with Crippen LogP contribution in [0.25, 0.3) is 0 Å². The van der Waals surface area contributed by atoms with Crippen LogP contribution in [0.2, 0.25) is 0 Å². The third-order valence-corrected chi connectivity index (χ3v) is 4.70. The predicted octanol–water partition coefficient (Wildman–Crippen LogP) is 4.48. The monoisotopic (exact) mass is 457 g/mol. The molecule has 33 heavy (non-hydrogen) atoms. The molecule has 0 radical (unpaired) electrons. The molecule has 2 rings (SSSR count). The van der Waals surface area contributed by atoms with Crippen LogP contribution in [0, 0.1) is 6.92 Å². The fraction of sp³-hybridized carbons (Fsp3) is 0.360. The maximum absolute atomic E-state index is 12.8. The third kappa shape index (κ3) is 8.96. The molecular formula is C25H31NO7. The lowest BCUT2D eigenvalue weighted by molar-refractivity contribution is -0.131. The smallest absolute Gasteiger partial charge is 0.412 e. The summed E-state index contributed by atoms with van der Waals surface area (Å²) in [6.45, 7) is 4.07. The van der Waals surface area contributed by atoms with Gasteiger partial charge in [0.2, 0.25) is 0 Å². The number of aryl methyl sites for hydroxylation is 1. The number of carboxylic acids is 1. The van der Waals surface area contributed by atoms with Crippen LogP contribution in [-0.4, -0.2) is 48.2 Å². The van der Waals surface area contributed by atoms with Gasteiger partial charge < -0.3 is 24.4 Å². The van der Waals surface area contributed by atoms with E-state index in [2.05, 4.69) is 5.32 Å². The maximum Gasteiger partial charge on any atom is 0.412 e. The standard InChI is InChI=1S/C25H31NO7/c1-3-31-22(10-6-7-11-23(28)29)24(20-8-4-5-9-21(20)32-17-16-27)33-25(30)26-19-14-12-18(2)13-15-19/h4-5,7-9,11-15,22,24,27H,3,6,10,16-17H2,1-2H3,(H,26,30)(H,28,29)/b11-7+/t22-,24-/m0/s1. The first-order valence-corrected chi connectivity index (χ1v) is 10.8. The molecule has 2 atom stereocenters. The number of hydrogen-bond acceptors (Lipinski definition) is 6. The summed E-state index contributed by atoms with van der Waals surface area (Å²) >= 11 is 0. The maximum atomic E-state index is 12.8. The summed E-state index contributed by atoms with van der Waals surface area (Å²) in [5.74, 6) is -0.568. The molecule has 0 aromatic heterocycles. The Kier molecular flexibility index (Phi) is 10.9. The van der Waals surface area contributed by atoms with Gasteiger partial charge in [0.25, 0.3) is 0 Å². The third-order valence-electron chi connectivity index (χ3n) is 4.70. The quantitative estimate of drug-likeness (QED) is 0.380. The Morgan fingerprint density at radius 1 is 1.12 bits per heavy atom. The number of ether oxygens (including phenoxy) is 3. The number of carboxylic acid groups (broad SMARTS) is 1. The first-order valence-electron chi connectivity index (χ1n) is 10.8. The lowest BCUT2D eigenvalue weighted by atomic mass is 9.99. The number of para-hydroxylation sites is 1. The molecule has 2 aromatic rings. The van der Waals surface area contributed by atoms with Crippen molar-refractivity contribution in [3.05, 3.63) is 71.8 Å². The van der Waals surface area contributed by atoms with E-state index in [0.717, 1.165) is 11.6 Å². The van der Waals surface area contributed by atoms with Crippen molar-refractivity contribution < 1.29 is 34.0 Å². The number of carbonyl (C=O) groups excluding carboxylic acids is 1. The Balaban J connectivity index is 2.29. The van der Waals surface area contributed by atoms with Crippen LogP contribution in [-0.2, 0) is 14.3 Å². The summed E-state index contributed by atoms with van der Waals surface area (Å²) in [6.07, 6.45) is 1.38. The van der Waals surface area contributed by atoms with Gasteiger partial charge in [0.05, 0.1) is 12.7 Å². The highest BCUT2D eigenvalue weighted by Gasteiger charge is 2.30. The van der Waals surface area contributed by atoms with Crippen molar-refractivity contribution in [1.82, 2.24) is 0 Å². The summed E-state index contributed by atoms with van der Waals surface area (Å²) in [4.78, 5) is 23.6. The normalized spacial score (nSPS) is 12.8. The van der Waals surface area contributed by atoms with Gasteiger partial charge in [-0.1, -0.05) is 42.0 Å². The molecule has 0 aliphatic carbocycles. The fourth-order valence-corrected chi connectivity index (χ4v) is 3.22. The van der Waals surface area contributed by atoms with E-state index in [1.54, 1.807) is 36.4 Å². The molecule has 0 heterocycles. The van der Waals surface area contributed by atoms with Crippen molar-refractivity contribution in [2.24, 2.45) is 0 Å². The zero-order valence-corrected chi connectivity index (χ0v) is 18.9. The van der Waals surface area contributed by atoms with Crippen molar-refractivity contribution in [2.75, 3.05) is 25.1 Å². The first-order chi connectivity index (χ1) is 15.9. The molecule has 8 nitrogen and oxygen atoms in total. The van der Waals surface area contributed by atoms with Crippen molar-refractivity contribution in [1.29, 1.82) is 0 Å². The van der Waals surface area contributed by atoms with Gasteiger partial charge >= 0.3 is 12.1 Å². The van der Waals surface area contributed by atoms with Crippen LogP contribution in [0.5, 0.6) is 5.75 Å². The summed E-state index contributed by atoms with van der Waals surface area (Å²) in [6, 6.07) is 14.4. The number of rotatable bonds is 13. The highest BCUT2D eigenvalue weighted by Crippen LogP contribution is 2.34. The predicted molar refractivity (Wildman–Crippen MR) is 124 cm³/mol. The Hall–Kier alpha value is -3.36. The van der Waals surface area contributed by atoms with Gasteiger partial charge in [-0.2, -0.15) is 0 Å². The van der Waals surface area contributed by atoms with Gasteiger partial charge in [0.1, 0.15) is 12.4 Å². The average molecular weight is 458 g/mol. The van der Waals surface area contributed by atoms with Crippen molar-refractivity contribution in [3.8, 4) is 5.75 Å². The van der Waals surface area contributed by atoms with Crippen molar-refractivity contribution >= 4 is 17.7 Å². The van der Waals surface area contributed by atoms with Crippen LogP contribution < -0.4 is 10.1 Å². The van der Waals surface area contributed by atoms with E-state index in [1.165, 1.54) is 6.08 Å². The minimum absolute atomic E-state index is 0.0833. The number of aliphatic carboxylic acids is 1. The topological polar surface area (TPSA) is 114 Å². The van der Waals surface area contributed by atoms with Crippen LogP contribution in [0.4, 0.5) is 10.5 Å². The van der Waals surface area contributed by atoms with Crippen molar-refractivity contribution in [2.45, 2.75) is 38.9 Å². The lowest BCUT2D eigenvalue weighted by Gasteiger charge is -2.28. The van der Waals surface area contributed by atoms with Gasteiger partial charge in [-0.15, -0.1) is 0 Å². The number of allylic oxidation sites excluding steroid dienone is 1. The molecular weight excluding hydrogens is 426 g/mol. The Labute approximate surface area is 193 Å². The highest BCUT2D eigenvalue weighted by atomic mass is 16.6. The average Bonchev–Trinajstić information content (AvgIpc) is 2.80. The second-order valence-electron chi connectivity index (χ2n) is 7.24. The van der Waals surface area contributed by atoms with Crippen LogP contribution in [0.15, 0.2) is 60.7 Å².